The molecule has 1 aromatic carbocycles. The largest absolute Gasteiger partial charge is 0.381 e. The van der Waals surface area contributed by atoms with Crippen LogP contribution in [0.25, 0.3) is 0 Å². The van der Waals surface area contributed by atoms with Crippen molar-refractivity contribution < 1.29 is 13.2 Å². The number of ether oxygens (including phenoxy) is 1. The average molecular weight is 308 g/mol. The van der Waals surface area contributed by atoms with Crippen LogP contribution in [0.2, 0.25) is 0 Å². The molecule has 1 aliphatic heterocycles. The van der Waals surface area contributed by atoms with Crippen LogP contribution in [0.5, 0.6) is 0 Å². The molecule has 0 saturated carbocycles. The van der Waals surface area contributed by atoms with E-state index in [1.165, 1.54) is 0 Å². The third-order valence-corrected chi connectivity index (χ3v) is 4.80. The summed E-state index contributed by atoms with van der Waals surface area (Å²) in [4.78, 5) is 0.235. The first kappa shape index (κ1) is 16.0. The molecule has 0 amide bonds. The van der Waals surface area contributed by atoms with Crippen molar-refractivity contribution in [3.05, 3.63) is 29.8 Å². The van der Waals surface area contributed by atoms with Gasteiger partial charge in [0.15, 0.2) is 0 Å². The third-order valence-electron chi connectivity index (χ3n) is 3.38. The molecule has 6 heteroatoms. The highest BCUT2D eigenvalue weighted by molar-refractivity contribution is 7.89. The van der Waals surface area contributed by atoms with Crippen LogP contribution in [0.3, 0.4) is 0 Å². The van der Waals surface area contributed by atoms with E-state index < -0.39 is 10.0 Å². The molecule has 2 rings (SSSR count). The topological polar surface area (TPSA) is 81.4 Å². The summed E-state index contributed by atoms with van der Waals surface area (Å²) in [7, 11) is -3.50. The number of hydrogen-bond donors (Lipinski definition) is 2. The van der Waals surface area contributed by atoms with E-state index in [2.05, 4.69) is 16.6 Å². The number of rotatable bonds is 4. The zero-order valence-electron chi connectivity index (χ0n) is 11.8. The Morgan fingerprint density at radius 2 is 2.10 bits per heavy atom. The monoisotopic (exact) mass is 308 g/mol. The van der Waals surface area contributed by atoms with Crippen LogP contribution in [-0.4, -0.2) is 34.7 Å². The first-order valence-corrected chi connectivity index (χ1v) is 8.46. The third kappa shape index (κ3) is 4.83. The van der Waals surface area contributed by atoms with Crippen LogP contribution in [0.4, 0.5) is 0 Å². The second-order valence-electron chi connectivity index (χ2n) is 4.94. The maximum Gasteiger partial charge on any atom is 0.240 e. The van der Waals surface area contributed by atoms with Crippen molar-refractivity contribution in [2.75, 3.05) is 26.3 Å². The van der Waals surface area contributed by atoms with E-state index in [4.69, 9.17) is 10.5 Å². The zero-order valence-corrected chi connectivity index (χ0v) is 12.7. The average Bonchev–Trinajstić information content (AvgIpc) is 2.52. The van der Waals surface area contributed by atoms with Crippen molar-refractivity contribution in [3.8, 4) is 11.8 Å². The Kier molecular flexibility index (Phi) is 5.76. The molecule has 5 nitrogen and oxygen atoms in total. The highest BCUT2D eigenvalue weighted by atomic mass is 32.2. The molecule has 0 bridgehead atoms. The Labute approximate surface area is 125 Å². The minimum absolute atomic E-state index is 0.235. The van der Waals surface area contributed by atoms with Crippen LogP contribution in [0.1, 0.15) is 18.4 Å². The maximum absolute atomic E-state index is 12.3. The molecule has 1 heterocycles. The van der Waals surface area contributed by atoms with Gasteiger partial charge in [-0.25, -0.2) is 13.1 Å². The first-order valence-electron chi connectivity index (χ1n) is 6.98. The Morgan fingerprint density at radius 1 is 1.33 bits per heavy atom. The number of benzene rings is 1. The predicted molar refractivity (Wildman–Crippen MR) is 81.1 cm³/mol. The molecule has 21 heavy (non-hydrogen) atoms. The van der Waals surface area contributed by atoms with Crippen molar-refractivity contribution in [2.24, 2.45) is 11.7 Å². The second kappa shape index (κ2) is 7.57. The normalized spacial score (nSPS) is 16.2. The number of nitrogens with two attached hydrogens (primary N) is 1. The zero-order chi connectivity index (χ0) is 15.1. The molecule has 114 valence electrons. The summed E-state index contributed by atoms with van der Waals surface area (Å²) in [6, 6.07) is 6.58. The van der Waals surface area contributed by atoms with Crippen molar-refractivity contribution in [1.82, 2.24) is 4.72 Å². The fourth-order valence-electron chi connectivity index (χ4n) is 2.16. The van der Waals surface area contributed by atoms with Crippen LogP contribution >= 0.6 is 0 Å². The molecule has 1 aliphatic rings. The summed E-state index contributed by atoms with van der Waals surface area (Å²) >= 11 is 0. The lowest BCUT2D eigenvalue weighted by Gasteiger charge is -2.22. The molecule has 3 N–H and O–H groups in total. The molecular weight excluding hydrogens is 288 g/mol. The lowest BCUT2D eigenvalue weighted by molar-refractivity contribution is 0.0678. The van der Waals surface area contributed by atoms with Crippen LogP contribution in [0.15, 0.2) is 29.2 Å². The van der Waals surface area contributed by atoms with Gasteiger partial charge in [0.2, 0.25) is 10.0 Å². The summed E-state index contributed by atoms with van der Waals surface area (Å²) < 4.78 is 32.5. The molecule has 0 spiro atoms. The molecule has 1 aromatic rings. The Balaban J connectivity index is 2.04. The first-order chi connectivity index (χ1) is 10.1. The van der Waals surface area contributed by atoms with E-state index in [9.17, 15) is 8.42 Å². The van der Waals surface area contributed by atoms with Gasteiger partial charge in [-0.2, -0.15) is 0 Å². The highest BCUT2D eigenvalue weighted by Crippen LogP contribution is 2.16. The van der Waals surface area contributed by atoms with E-state index in [1.807, 2.05) is 0 Å². The summed E-state index contributed by atoms with van der Waals surface area (Å²) in [5, 5.41) is 0. The van der Waals surface area contributed by atoms with Gasteiger partial charge in [-0.3, -0.25) is 0 Å². The van der Waals surface area contributed by atoms with Crippen molar-refractivity contribution >= 4 is 10.0 Å². The van der Waals surface area contributed by atoms with E-state index >= 15 is 0 Å². The summed E-state index contributed by atoms with van der Waals surface area (Å²) in [6.45, 7) is 2.11. The minimum Gasteiger partial charge on any atom is -0.381 e. The standard InChI is InChI=1S/C15H20N2O3S/c16-8-2-4-13-3-1-5-15(11-13)21(18,19)17-12-14-6-9-20-10-7-14/h1,3,5,11,14,17H,6-10,12,16H2. The van der Waals surface area contributed by atoms with Gasteiger partial charge in [-0.05, 0) is 37.0 Å². The molecule has 1 fully saturated rings. The smallest absolute Gasteiger partial charge is 0.240 e. The number of sulfonamides is 1. The molecule has 1 saturated heterocycles. The SMILES string of the molecule is NCC#Cc1cccc(S(=O)(=O)NCC2CCOCC2)c1. The Bertz CT molecular complexity index is 626. The van der Waals surface area contributed by atoms with Crippen molar-refractivity contribution in [3.63, 3.8) is 0 Å². The van der Waals surface area contributed by atoms with Gasteiger partial charge < -0.3 is 10.5 Å². The minimum atomic E-state index is -3.50. The summed E-state index contributed by atoms with van der Waals surface area (Å²) in [5.41, 5.74) is 5.96. The Morgan fingerprint density at radius 3 is 2.81 bits per heavy atom. The molecule has 0 aromatic heterocycles. The lowest BCUT2D eigenvalue weighted by Crippen LogP contribution is -2.32. The summed E-state index contributed by atoms with van der Waals surface area (Å²) in [5.74, 6) is 5.90. The fraction of sp³-hybridized carbons (Fsp3) is 0.467. The molecular formula is C15H20N2O3S. The number of hydrogen-bond acceptors (Lipinski definition) is 4. The van der Waals surface area contributed by atoms with Gasteiger partial charge >= 0.3 is 0 Å². The van der Waals surface area contributed by atoms with Crippen LogP contribution in [-0.2, 0) is 14.8 Å². The van der Waals surface area contributed by atoms with Crippen molar-refractivity contribution in [2.45, 2.75) is 17.7 Å². The molecule has 0 aliphatic carbocycles. The molecule has 0 unspecified atom stereocenters. The van der Waals surface area contributed by atoms with E-state index in [1.54, 1.807) is 24.3 Å². The molecule has 0 radical (unpaired) electrons. The second-order valence-corrected chi connectivity index (χ2v) is 6.71. The van der Waals surface area contributed by atoms with Crippen molar-refractivity contribution in [1.29, 1.82) is 0 Å². The van der Waals surface area contributed by atoms with E-state index in [0.29, 0.717) is 31.2 Å². The predicted octanol–water partition coefficient (Wildman–Crippen LogP) is 0.702. The quantitative estimate of drug-likeness (QED) is 0.802. The number of nitrogens with one attached hydrogen (secondary N) is 1. The maximum atomic E-state index is 12.3. The van der Waals surface area contributed by atoms with Gasteiger partial charge in [0.1, 0.15) is 0 Å². The van der Waals surface area contributed by atoms with Gasteiger partial charge in [0.25, 0.3) is 0 Å². The van der Waals surface area contributed by atoms with Gasteiger partial charge in [-0.15, -0.1) is 0 Å². The van der Waals surface area contributed by atoms with Crippen LogP contribution < -0.4 is 10.5 Å². The van der Waals surface area contributed by atoms with E-state index in [0.717, 1.165) is 12.8 Å². The summed E-state index contributed by atoms with van der Waals surface area (Å²) in [6.07, 6.45) is 1.79. The highest BCUT2D eigenvalue weighted by Gasteiger charge is 2.19. The van der Waals surface area contributed by atoms with Gasteiger partial charge in [0.05, 0.1) is 11.4 Å². The molecule has 0 atom stereocenters. The lowest BCUT2D eigenvalue weighted by atomic mass is 10.0. The fourth-order valence-corrected chi connectivity index (χ4v) is 3.32. The van der Waals surface area contributed by atoms with E-state index in [-0.39, 0.29) is 11.4 Å². The van der Waals surface area contributed by atoms with Gasteiger partial charge in [0, 0.05) is 25.3 Å². The Hall–Kier alpha value is -1.39. The van der Waals surface area contributed by atoms with Crippen LogP contribution in [0, 0.1) is 17.8 Å². The van der Waals surface area contributed by atoms with Gasteiger partial charge in [-0.1, -0.05) is 17.9 Å².